The van der Waals surface area contributed by atoms with E-state index in [1.165, 1.54) is 18.3 Å². The van der Waals surface area contributed by atoms with Crippen molar-refractivity contribution >= 4 is 44.9 Å². The molecule has 3 heterocycles. The maximum absolute atomic E-state index is 12.7. The molecule has 152 valence electrons. The van der Waals surface area contributed by atoms with Gasteiger partial charge in [-0.1, -0.05) is 11.3 Å². The van der Waals surface area contributed by atoms with Gasteiger partial charge in [-0.3, -0.25) is 19.3 Å². The number of nitrogens with zero attached hydrogens (tertiary/aromatic N) is 4. The van der Waals surface area contributed by atoms with Crippen LogP contribution in [0.1, 0.15) is 43.0 Å². The van der Waals surface area contributed by atoms with Crippen LogP contribution in [0.5, 0.6) is 0 Å². The third-order valence-corrected chi connectivity index (χ3v) is 6.34. The Kier molecular flexibility index (Phi) is 5.57. The van der Waals surface area contributed by atoms with Crippen LogP contribution in [-0.2, 0) is 9.59 Å². The lowest BCUT2D eigenvalue weighted by Gasteiger charge is -2.31. The van der Waals surface area contributed by atoms with Crippen LogP contribution >= 0.6 is 11.3 Å². The first-order chi connectivity index (χ1) is 14.0. The zero-order chi connectivity index (χ0) is 20.4. The summed E-state index contributed by atoms with van der Waals surface area (Å²) in [7, 11) is 0. The smallest absolute Gasteiger partial charge is 0.229 e. The Morgan fingerprint density at radius 1 is 1.10 bits per heavy atom. The highest BCUT2D eigenvalue weighted by atomic mass is 32.1. The summed E-state index contributed by atoms with van der Waals surface area (Å²) in [5, 5.41) is 12.8. The van der Waals surface area contributed by atoms with Gasteiger partial charge in [0.25, 0.3) is 0 Å². The number of anilines is 3. The second-order valence-electron chi connectivity index (χ2n) is 7.42. The van der Waals surface area contributed by atoms with Crippen LogP contribution in [0.25, 0.3) is 0 Å². The molecule has 2 aliphatic rings. The molecule has 0 spiro atoms. The molecule has 0 bridgehead atoms. The number of benzene rings is 1. The summed E-state index contributed by atoms with van der Waals surface area (Å²) in [4.78, 5) is 39.8. The van der Waals surface area contributed by atoms with Crippen LogP contribution in [0.4, 0.5) is 16.0 Å². The predicted molar refractivity (Wildman–Crippen MR) is 112 cm³/mol. The molecule has 2 aromatic rings. The van der Waals surface area contributed by atoms with Crippen molar-refractivity contribution in [1.82, 2.24) is 10.2 Å². The monoisotopic (exact) mass is 413 g/mol. The molecular formula is C20H23N5O3S. The number of ketones is 1. The number of piperidine rings is 1. The van der Waals surface area contributed by atoms with E-state index in [9.17, 15) is 14.4 Å². The molecule has 8 nitrogen and oxygen atoms in total. The Morgan fingerprint density at radius 2 is 1.86 bits per heavy atom. The van der Waals surface area contributed by atoms with Gasteiger partial charge in [0.2, 0.25) is 22.1 Å². The number of carbonyl (C=O) groups is 3. The van der Waals surface area contributed by atoms with Crippen LogP contribution in [0.3, 0.4) is 0 Å². The molecule has 1 aromatic heterocycles. The standard InChI is InChI=1S/C20H23N5O3S/c1-13(26)14-6-8-16(9-7-14)21-18(28)15-4-2-10-24(12-15)19-22-23-20(29-19)25-11-3-5-17(25)27/h6-9,15H,2-5,10-12H2,1H3,(H,21,28). The second-order valence-corrected chi connectivity index (χ2v) is 8.36. The second kappa shape index (κ2) is 8.28. The molecule has 2 amide bonds. The van der Waals surface area contributed by atoms with Crippen LogP contribution in [0.2, 0.25) is 0 Å². The first-order valence-corrected chi connectivity index (χ1v) is 10.6. The van der Waals surface area contributed by atoms with Gasteiger partial charge < -0.3 is 10.2 Å². The quantitative estimate of drug-likeness (QED) is 0.758. The highest BCUT2D eigenvalue weighted by molar-refractivity contribution is 7.19. The Bertz CT molecular complexity index is 926. The normalized spacial score (nSPS) is 19.5. The van der Waals surface area contributed by atoms with E-state index in [1.54, 1.807) is 29.2 Å². The Balaban J connectivity index is 1.39. The van der Waals surface area contributed by atoms with Crippen molar-refractivity contribution in [2.45, 2.75) is 32.6 Å². The van der Waals surface area contributed by atoms with Gasteiger partial charge in [-0.25, -0.2) is 0 Å². The minimum Gasteiger partial charge on any atom is -0.346 e. The summed E-state index contributed by atoms with van der Waals surface area (Å²) in [5.74, 6) is -0.0982. The SMILES string of the molecule is CC(=O)c1ccc(NC(=O)C2CCCN(c3nnc(N4CCCC4=O)s3)C2)cc1. The van der Waals surface area contributed by atoms with E-state index in [1.807, 2.05) is 0 Å². The fourth-order valence-corrected chi connectivity index (χ4v) is 4.62. The third-order valence-electron chi connectivity index (χ3n) is 5.33. The van der Waals surface area contributed by atoms with Gasteiger partial charge in [-0.2, -0.15) is 0 Å². The van der Waals surface area contributed by atoms with Crippen molar-refractivity contribution in [3.63, 3.8) is 0 Å². The Morgan fingerprint density at radius 3 is 2.55 bits per heavy atom. The molecular weight excluding hydrogens is 390 g/mol. The van der Waals surface area contributed by atoms with Gasteiger partial charge >= 0.3 is 0 Å². The van der Waals surface area contributed by atoms with Crippen molar-refractivity contribution in [2.24, 2.45) is 5.92 Å². The molecule has 4 rings (SSSR count). The van der Waals surface area contributed by atoms with Crippen molar-refractivity contribution in [1.29, 1.82) is 0 Å². The number of aromatic nitrogens is 2. The topological polar surface area (TPSA) is 95.5 Å². The van der Waals surface area contributed by atoms with Crippen molar-refractivity contribution in [3.05, 3.63) is 29.8 Å². The van der Waals surface area contributed by atoms with Gasteiger partial charge in [0, 0.05) is 37.3 Å². The molecule has 1 atom stereocenters. The molecule has 1 unspecified atom stereocenters. The lowest BCUT2D eigenvalue weighted by Crippen LogP contribution is -2.40. The highest BCUT2D eigenvalue weighted by Crippen LogP contribution is 2.32. The highest BCUT2D eigenvalue weighted by Gasteiger charge is 2.30. The van der Waals surface area contributed by atoms with Crippen LogP contribution in [0, 0.1) is 5.92 Å². The molecule has 1 N–H and O–H groups in total. The molecule has 2 aliphatic heterocycles. The number of amides is 2. The lowest BCUT2D eigenvalue weighted by atomic mass is 9.97. The number of nitrogens with one attached hydrogen (secondary N) is 1. The summed E-state index contributed by atoms with van der Waals surface area (Å²) >= 11 is 1.41. The summed E-state index contributed by atoms with van der Waals surface area (Å²) in [6.45, 7) is 3.60. The Labute approximate surface area is 172 Å². The maximum atomic E-state index is 12.7. The summed E-state index contributed by atoms with van der Waals surface area (Å²) in [6.07, 6.45) is 3.12. The molecule has 0 saturated carbocycles. The van der Waals surface area contributed by atoms with E-state index in [0.717, 1.165) is 30.9 Å². The molecule has 1 aromatic carbocycles. The van der Waals surface area contributed by atoms with Gasteiger partial charge in [0.1, 0.15) is 0 Å². The Hall–Kier alpha value is -2.81. The maximum Gasteiger partial charge on any atom is 0.229 e. The number of Topliss-reactive ketones (excluding diaryl/α,β-unsaturated/α-hetero) is 1. The fourth-order valence-electron chi connectivity index (χ4n) is 3.69. The number of hydrogen-bond acceptors (Lipinski definition) is 7. The molecule has 0 aliphatic carbocycles. The molecule has 2 fully saturated rings. The first kappa shape index (κ1) is 19.5. The zero-order valence-corrected chi connectivity index (χ0v) is 17.1. The average Bonchev–Trinajstić information content (AvgIpc) is 3.37. The molecule has 9 heteroatoms. The number of rotatable bonds is 5. The largest absolute Gasteiger partial charge is 0.346 e. The van der Waals surface area contributed by atoms with Gasteiger partial charge in [0.15, 0.2) is 5.78 Å². The van der Waals surface area contributed by atoms with Crippen LogP contribution in [0.15, 0.2) is 24.3 Å². The van der Waals surface area contributed by atoms with E-state index in [2.05, 4.69) is 20.4 Å². The fraction of sp³-hybridized carbons (Fsp3) is 0.450. The van der Waals surface area contributed by atoms with Gasteiger partial charge in [-0.05, 0) is 50.5 Å². The van der Waals surface area contributed by atoms with E-state index < -0.39 is 0 Å². The molecule has 2 saturated heterocycles. The number of carbonyl (C=O) groups excluding carboxylic acids is 3. The minimum absolute atomic E-state index is 0.00199. The summed E-state index contributed by atoms with van der Waals surface area (Å²) in [6, 6.07) is 6.93. The van der Waals surface area contributed by atoms with Crippen molar-refractivity contribution in [3.8, 4) is 0 Å². The van der Waals surface area contributed by atoms with Gasteiger partial charge in [-0.15, -0.1) is 10.2 Å². The minimum atomic E-state index is -0.156. The zero-order valence-electron chi connectivity index (χ0n) is 16.3. The molecule has 29 heavy (non-hydrogen) atoms. The predicted octanol–water partition coefficient (Wildman–Crippen LogP) is 2.72. The first-order valence-electron chi connectivity index (χ1n) is 9.82. The van der Waals surface area contributed by atoms with E-state index in [4.69, 9.17) is 0 Å². The van der Waals surface area contributed by atoms with E-state index in [-0.39, 0.29) is 23.5 Å². The van der Waals surface area contributed by atoms with Crippen LogP contribution < -0.4 is 15.1 Å². The van der Waals surface area contributed by atoms with Crippen LogP contribution in [-0.4, -0.2) is 47.4 Å². The summed E-state index contributed by atoms with van der Waals surface area (Å²) in [5.41, 5.74) is 1.30. The van der Waals surface area contributed by atoms with Crippen molar-refractivity contribution < 1.29 is 14.4 Å². The average molecular weight is 414 g/mol. The van der Waals surface area contributed by atoms with Gasteiger partial charge in [0.05, 0.1) is 5.92 Å². The third kappa shape index (κ3) is 4.29. The molecule has 0 radical (unpaired) electrons. The van der Waals surface area contributed by atoms with E-state index >= 15 is 0 Å². The number of hydrogen-bond donors (Lipinski definition) is 1. The summed E-state index contributed by atoms with van der Waals surface area (Å²) < 4.78 is 0. The van der Waals surface area contributed by atoms with Crippen molar-refractivity contribution in [2.75, 3.05) is 34.8 Å². The lowest BCUT2D eigenvalue weighted by molar-refractivity contribution is -0.120. The van der Waals surface area contributed by atoms with E-state index in [0.29, 0.717) is 35.9 Å².